The highest BCUT2D eigenvalue weighted by Gasteiger charge is 2.22. The molecule has 1 saturated carbocycles. The summed E-state index contributed by atoms with van der Waals surface area (Å²) in [7, 11) is 1.35. The van der Waals surface area contributed by atoms with E-state index in [1.54, 1.807) is 24.3 Å². The molecule has 1 aliphatic rings. The molecule has 1 amide bonds. The Morgan fingerprint density at radius 3 is 2.46 bits per heavy atom. The lowest BCUT2D eigenvalue weighted by Crippen LogP contribution is -2.46. The number of hydrogen-bond donors (Lipinski definition) is 1. The lowest BCUT2D eigenvalue weighted by molar-refractivity contribution is 0.0918. The average molecular weight is 328 g/mol. The third kappa shape index (κ3) is 3.15. The van der Waals surface area contributed by atoms with E-state index in [2.05, 4.69) is 10.4 Å². The maximum Gasteiger partial charge on any atom is 0.351 e. The van der Waals surface area contributed by atoms with Gasteiger partial charge in [-0.2, -0.15) is 9.78 Å². The fourth-order valence-electron chi connectivity index (χ4n) is 2.95. The van der Waals surface area contributed by atoms with Crippen LogP contribution in [0.25, 0.3) is 5.69 Å². The van der Waals surface area contributed by atoms with Crippen molar-refractivity contribution in [1.82, 2.24) is 19.7 Å². The first-order valence-electron chi connectivity index (χ1n) is 8.14. The third-order valence-electron chi connectivity index (χ3n) is 4.33. The van der Waals surface area contributed by atoms with Gasteiger partial charge in [0.15, 0.2) is 0 Å². The summed E-state index contributed by atoms with van der Waals surface area (Å²) >= 11 is 0. The zero-order valence-electron chi connectivity index (χ0n) is 13.6. The molecule has 7 nitrogen and oxygen atoms in total. The number of nitrogens with one attached hydrogen (secondary N) is 1. The van der Waals surface area contributed by atoms with Crippen LogP contribution in [0.3, 0.4) is 0 Å². The van der Waals surface area contributed by atoms with E-state index >= 15 is 0 Å². The number of rotatable bonds is 3. The minimum atomic E-state index is -0.680. The van der Waals surface area contributed by atoms with E-state index in [-0.39, 0.29) is 11.7 Å². The molecule has 1 heterocycles. The number of nitrogens with zero attached hydrogens (tertiary/aromatic N) is 3. The number of aromatic nitrogens is 3. The van der Waals surface area contributed by atoms with Gasteiger partial charge in [0.1, 0.15) is 0 Å². The molecule has 3 rings (SSSR count). The van der Waals surface area contributed by atoms with Gasteiger partial charge in [0.25, 0.3) is 11.5 Å². The molecule has 7 heteroatoms. The van der Waals surface area contributed by atoms with E-state index < -0.39 is 17.2 Å². The Bertz CT molecular complexity index is 848. The zero-order chi connectivity index (χ0) is 17.1. The van der Waals surface area contributed by atoms with E-state index in [0.29, 0.717) is 5.69 Å². The van der Waals surface area contributed by atoms with Crippen molar-refractivity contribution in [3.8, 4) is 5.69 Å². The summed E-state index contributed by atoms with van der Waals surface area (Å²) < 4.78 is 1.99. The number of hydrogen-bond acceptors (Lipinski definition) is 4. The van der Waals surface area contributed by atoms with Crippen LogP contribution < -0.4 is 16.6 Å². The molecule has 1 N–H and O–H groups in total. The summed E-state index contributed by atoms with van der Waals surface area (Å²) in [5, 5.41) is 6.90. The largest absolute Gasteiger partial charge is 0.351 e. The second-order valence-corrected chi connectivity index (χ2v) is 6.05. The summed E-state index contributed by atoms with van der Waals surface area (Å²) in [6.07, 6.45) is 5.12. The molecule has 0 aliphatic heterocycles. The molecule has 126 valence electrons. The first kappa shape index (κ1) is 16.2. The molecule has 0 atom stereocenters. The topological polar surface area (TPSA) is 86.0 Å². The van der Waals surface area contributed by atoms with Crippen LogP contribution in [0.5, 0.6) is 0 Å². The molecule has 0 spiro atoms. The van der Waals surface area contributed by atoms with E-state index in [1.807, 2.05) is 6.07 Å². The molecule has 0 unspecified atom stereocenters. The number of para-hydroxylation sites is 1. The maximum atomic E-state index is 12.5. The van der Waals surface area contributed by atoms with Gasteiger partial charge in [0, 0.05) is 13.1 Å². The van der Waals surface area contributed by atoms with E-state index in [1.165, 1.54) is 13.5 Å². The summed E-state index contributed by atoms with van der Waals surface area (Å²) in [6.45, 7) is 0. The monoisotopic (exact) mass is 328 g/mol. The van der Waals surface area contributed by atoms with Crippen molar-refractivity contribution >= 4 is 5.91 Å². The minimum absolute atomic E-state index is 0.0647. The fraction of sp³-hybridized carbons (Fsp3) is 0.412. The summed E-state index contributed by atoms with van der Waals surface area (Å²) in [6, 6.07) is 8.79. The maximum absolute atomic E-state index is 12.5. The van der Waals surface area contributed by atoms with Gasteiger partial charge >= 0.3 is 5.69 Å². The first-order chi connectivity index (χ1) is 11.6. The normalized spacial score (nSPS) is 15.2. The summed E-state index contributed by atoms with van der Waals surface area (Å²) in [4.78, 5) is 37.0. The first-order valence-corrected chi connectivity index (χ1v) is 8.14. The van der Waals surface area contributed by atoms with Crippen LogP contribution >= 0.6 is 0 Å². The van der Waals surface area contributed by atoms with Gasteiger partial charge in [-0.15, -0.1) is 0 Å². The van der Waals surface area contributed by atoms with Crippen LogP contribution in [-0.4, -0.2) is 26.3 Å². The highest BCUT2D eigenvalue weighted by atomic mass is 16.2. The standard InChI is InChI=1S/C17H20N4O3/c1-20-16(23)14(15(22)18-12-8-4-2-5-9-12)19-21(17(20)24)13-10-6-3-7-11-13/h3,6-7,10-12H,2,4-5,8-9H2,1H3,(H,18,22). The summed E-state index contributed by atoms with van der Waals surface area (Å²) in [5.74, 6) is -0.521. The molecule has 24 heavy (non-hydrogen) atoms. The van der Waals surface area contributed by atoms with Gasteiger partial charge in [0.2, 0.25) is 5.69 Å². The Kier molecular flexibility index (Phi) is 4.59. The highest BCUT2D eigenvalue weighted by Crippen LogP contribution is 2.17. The molecule has 2 aromatic rings. The zero-order valence-corrected chi connectivity index (χ0v) is 13.6. The Labute approximate surface area is 138 Å². The fourth-order valence-corrected chi connectivity index (χ4v) is 2.95. The van der Waals surface area contributed by atoms with E-state index in [9.17, 15) is 14.4 Å². The lowest BCUT2D eigenvalue weighted by atomic mass is 9.95. The molecule has 0 radical (unpaired) electrons. The molecular formula is C17H20N4O3. The van der Waals surface area contributed by atoms with Crippen molar-refractivity contribution in [2.24, 2.45) is 7.05 Å². The Morgan fingerprint density at radius 1 is 1.12 bits per heavy atom. The van der Waals surface area contributed by atoms with Crippen molar-refractivity contribution in [1.29, 1.82) is 0 Å². The number of carbonyl (C=O) groups excluding carboxylic acids is 1. The average Bonchev–Trinajstić information content (AvgIpc) is 2.61. The Hall–Kier alpha value is -2.70. The van der Waals surface area contributed by atoms with Gasteiger partial charge < -0.3 is 5.32 Å². The molecule has 1 aromatic carbocycles. The number of carbonyl (C=O) groups is 1. The van der Waals surface area contributed by atoms with Crippen molar-refractivity contribution in [3.05, 3.63) is 56.9 Å². The quantitative estimate of drug-likeness (QED) is 0.910. The number of benzene rings is 1. The lowest BCUT2D eigenvalue weighted by Gasteiger charge is -2.22. The smallest absolute Gasteiger partial charge is 0.348 e. The van der Waals surface area contributed by atoms with Gasteiger partial charge in [-0.05, 0) is 25.0 Å². The molecule has 1 fully saturated rings. The van der Waals surface area contributed by atoms with Crippen LogP contribution in [-0.2, 0) is 7.05 Å². The molecule has 1 aromatic heterocycles. The van der Waals surface area contributed by atoms with Gasteiger partial charge in [-0.25, -0.2) is 4.79 Å². The van der Waals surface area contributed by atoms with Crippen LogP contribution in [0.4, 0.5) is 0 Å². The van der Waals surface area contributed by atoms with E-state index in [4.69, 9.17) is 0 Å². The predicted octanol–water partition coefficient (Wildman–Crippen LogP) is 0.994. The number of amides is 1. The Balaban J connectivity index is 1.98. The second-order valence-electron chi connectivity index (χ2n) is 6.05. The van der Waals surface area contributed by atoms with E-state index in [0.717, 1.165) is 34.9 Å². The van der Waals surface area contributed by atoms with Crippen molar-refractivity contribution in [2.45, 2.75) is 38.1 Å². The van der Waals surface area contributed by atoms with Gasteiger partial charge in [-0.3, -0.25) is 14.2 Å². The SMILES string of the molecule is Cn1c(=O)c(C(=O)NC2CCCCC2)nn(-c2ccccc2)c1=O. The van der Waals surface area contributed by atoms with Crippen LogP contribution in [0, 0.1) is 0 Å². The molecular weight excluding hydrogens is 308 g/mol. The van der Waals surface area contributed by atoms with Crippen LogP contribution in [0.15, 0.2) is 39.9 Å². The molecule has 0 bridgehead atoms. The second kappa shape index (κ2) is 6.82. The van der Waals surface area contributed by atoms with Gasteiger partial charge in [0.05, 0.1) is 5.69 Å². The molecule has 0 saturated heterocycles. The van der Waals surface area contributed by atoms with Crippen LogP contribution in [0.1, 0.15) is 42.6 Å². The molecule has 1 aliphatic carbocycles. The minimum Gasteiger partial charge on any atom is -0.348 e. The Morgan fingerprint density at radius 2 is 1.79 bits per heavy atom. The van der Waals surface area contributed by atoms with Crippen molar-refractivity contribution in [3.63, 3.8) is 0 Å². The third-order valence-corrected chi connectivity index (χ3v) is 4.33. The van der Waals surface area contributed by atoms with Crippen LogP contribution in [0.2, 0.25) is 0 Å². The summed E-state index contributed by atoms with van der Waals surface area (Å²) in [5.41, 5.74) is -1.02. The van der Waals surface area contributed by atoms with Crippen molar-refractivity contribution in [2.75, 3.05) is 0 Å². The highest BCUT2D eigenvalue weighted by molar-refractivity contribution is 5.92. The van der Waals surface area contributed by atoms with Gasteiger partial charge in [-0.1, -0.05) is 37.5 Å². The predicted molar refractivity (Wildman–Crippen MR) is 89.4 cm³/mol. The van der Waals surface area contributed by atoms with Crippen molar-refractivity contribution < 1.29 is 4.79 Å².